The molecule has 1 heterocycles. The lowest BCUT2D eigenvalue weighted by molar-refractivity contribution is -0.141. The first-order chi connectivity index (χ1) is 8.70. The molecule has 0 unspecified atom stereocenters. The summed E-state index contributed by atoms with van der Waals surface area (Å²) in [7, 11) is -0.774. The van der Waals surface area contributed by atoms with Crippen LogP contribution >= 0.6 is 0 Å². The van der Waals surface area contributed by atoms with Gasteiger partial charge in [-0.1, -0.05) is 20.8 Å². The number of carbonyl (C=O) groups is 2. The third kappa shape index (κ3) is 5.18. The minimum absolute atomic E-state index is 0.0212. The fourth-order valence-electron chi connectivity index (χ4n) is 1.94. The van der Waals surface area contributed by atoms with Crippen LogP contribution in [0.1, 0.15) is 33.6 Å². The Kier molecular flexibility index (Phi) is 5.34. The summed E-state index contributed by atoms with van der Waals surface area (Å²) in [5.41, 5.74) is -0.558. The minimum atomic E-state index is -1.05. The number of nitrogens with one attached hydrogen (secondary N) is 2. The molecular weight excluding hydrogens is 268 g/mol. The van der Waals surface area contributed by atoms with E-state index in [4.69, 9.17) is 5.11 Å². The molecule has 1 fully saturated rings. The zero-order valence-corrected chi connectivity index (χ0v) is 12.4. The average Bonchev–Trinajstić information content (AvgIpc) is 2.27. The van der Waals surface area contributed by atoms with Gasteiger partial charge in [0.2, 0.25) is 0 Å². The monoisotopic (exact) mass is 290 g/mol. The van der Waals surface area contributed by atoms with Crippen LogP contribution in [0.5, 0.6) is 0 Å². The van der Waals surface area contributed by atoms with Crippen LogP contribution in [0.3, 0.4) is 0 Å². The molecule has 1 aliphatic rings. The maximum Gasteiger partial charge on any atom is 0.326 e. The maximum atomic E-state index is 11.8. The second-order valence-corrected chi connectivity index (χ2v) is 7.57. The quantitative estimate of drug-likeness (QED) is 0.713. The van der Waals surface area contributed by atoms with Gasteiger partial charge in [-0.2, -0.15) is 0 Å². The summed E-state index contributed by atoms with van der Waals surface area (Å²) in [6.07, 6.45) is 1.35. The predicted molar refractivity (Wildman–Crippen MR) is 73.4 cm³/mol. The first kappa shape index (κ1) is 15.9. The molecule has 0 radical (unpaired) electrons. The molecule has 0 aliphatic carbocycles. The summed E-state index contributed by atoms with van der Waals surface area (Å²) < 4.78 is 11.2. The highest BCUT2D eigenvalue weighted by molar-refractivity contribution is 7.85. The van der Waals surface area contributed by atoms with Crippen LogP contribution in [0, 0.1) is 5.41 Å². The molecule has 0 spiro atoms. The fourth-order valence-corrected chi connectivity index (χ4v) is 3.24. The third-order valence-corrected chi connectivity index (χ3v) is 4.49. The molecule has 1 rings (SSSR count). The minimum Gasteiger partial charge on any atom is -0.480 e. The van der Waals surface area contributed by atoms with E-state index in [-0.39, 0.29) is 6.04 Å². The van der Waals surface area contributed by atoms with Gasteiger partial charge in [-0.3, -0.25) is 4.21 Å². The van der Waals surface area contributed by atoms with Crippen LogP contribution < -0.4 is 10.6 Å². The molecule has 0 aromatic heterocycles. The number of rotatable bonds is 3. The molecule has 0 aromatic carbocycles. The number of aliphatic carboxylic acids is 1. The number of amides is 2. The maximum absolute atomic E-state index is 11.8. The molecule has 0 aromatic rings. The SMILES string of the molecule is CC(C)(C)[C@H](NC(=O)NC1CCS(=O)CC1)C(=O)O. The summed E-state index contributed by atoms with van der Waals surface area (Å²) >= 11 is 0. The summed E-state index contributed by atoms with van der Waals surface area (Å²) in [6, 6.07) is -1.43. The molecule has 6 nitrogen and oxygen atoms in total. The van der Waals surface area contributed by atoms with Crippen molar-refractivity contribution in [3.63, 3.8) is 0 Å². The molecule has 19 heavy (non-hydrogen) atoms. The van der Waals surface area contributed by atoms with Crippen molar-refractivity contribution >= 4 is 22.8 Å². The Morgan fingerprint density at radius 3 is 2.21 bits per heavy atom. The van der Waals surface area contributed by atoms with Gasteiger partial charge in [0.25, 0.3) is 0 Å². The predicted octanol–water partition coefficient (Wildman–Crippen LogP) is 0.696. The molecule has 0 bridgehead atoms. The summed E-state index contributed by atoms with van der Waals surface area (Å²) in [5, 5.41) is 14.4. The number of carbonyl (C=O) groups excluding carboxylic acids is 1. The van der Waals surface area contributed by atoms with E-state index in [0.29, 0.717) is 24.3 Å². The molecule has 2 amide bonds. The molecular formula is C12H22N2O4S. The standard InChI is InChI=1S/C12H22N2O4S/c1-12(2,3)9(10(15)16)14-11(17)13-8-4-6-19(18)7-5-8/h8-9H,4-7H2,1-3H3,(H,15,16)(H2,13,14,17)/t8?,9-,19?/m1/s1. The van der Waals surface area contributed by atoms with Gasteiger partial charge in [0.1, 0.15) is 6.04 Å². The van der Waals surface area contributed by atoms with Crippen LogP contribution in [0.25, 0.3) is 0 Å². The van der Waals surface area contributed by atoms with E-state index < -0.39 is 34.3 Å². The number of carboxylic acids is 1. The second-order valence-electron chi connectivity index (χ2n) is 5.88. The van der Waals surface area contributed by atoms with Gasteiger partial charge >= 0.3 is 12.0 Å². The van der Waals surface area contributed by atoms with Gasteiger partial charge in [-0.25, -0.2) is 9.59 Å². The van der Waals surface area contributed by atoms with Crippen molar-refractivity contribution in [1.82, 2.24) is 10.6 Å². The van der Waals surface area contributed by atoms with Crippen molar-refractivity contribution in [3.05, 3.63) is 0 Å². The fraction of sp³-hybridized carbons (Fsp3) is 0.833. The largest absolute Gasteiger partial charge is 0.480 e. The van der Waals surface area contributed by atoms with Crippen LogP contribution in [0.2, 0.25) is 0 Å². The molecule has 1 saturated heterocycles. The molecule has 110 valence electrons. The van der Waals surface area contributed by atoms with E-state index in [0.717, 1.165) is 0 Å². The van der Waals surface area contributed by atoms with Gasteiger partial charge in [0.15, 0.2) is 0 Å². The van der Waals surface area contributed by atoms with Crippen LogP contribution in [0.4, 0.5) is 4.79 Å². The van der Waals surface area contributed by atoms with Gasteiger partial charge in [-0.05, 0) is 18.3 Å². The Hall–Kier alpha value is -1.11. The highest BCUT2D eigenvalue weighted by Crippen LogP contribution is 2.19. The second kappa shape index (κ2) is 6.36. The summed E-state index contributed by atoms with van der Waals surface area (Å²) in [6.45, 7) is 5.28. The van der Waals surface area contributed by atoms with Crippen molar-refractivity contribution in [3.8, 4) is 0 Å². The van der Waals surface area contributed by atoms with E-state index >= 15 is 0 Å². The van der Waals surface area contributed by atoms with E-state index in [1.54, 1.807) is 20.8 Å². The lowest BCUT2D eigenvalue weighted by Gasteiger charge is -2.29. The Morgan fingerprint density at radius 2 is 1.79 bits per heavy atom. The topological polar surface area (TPSA) is 95.5 Å². The first-order valence-corrected chi connectivity index (χ1v) is 7.84. The highest BCUT2D eigenvalue weighted by Gasteiger charge is 2.33. The van der Waals surface area contributed by atoms with E-state index in [1.807, 2.05) is 0 Å². The Bertz CT molecular complexity index is 368. The Morgan fingerprint density at radius 1 is 1.26 bits per heavy atom. The summed E-state index contributed by atoms with van der Waals surface area (Å²) in [5.74, 6) is 0.131. The van der Waals surface area contributed by atoms with Crippen molar-refractivity contribution in [2.24, 2.45) is 5.41 Å². The molecule has 1 atom stereocenters. The van der Waals surface area contributed by atoms with Crippen LogP contribution in [-0.4, -0.2) is 44.9 Å². The average molecular weight is 290 g/mol. The molecule has 7 heteroatoms. The van der Waals surface area contributed by atoms with Gasteiger partial charge in [-0.15, -0.1) is 0 Å². The van der Waals surface area contributed by atoms with Crippen molar-refractivity contribution < 1.29 is 18.9 Å². The Labute approximate surface area is 115 Å². The normalized spacial score (nSPS) is 25.4. The van der Waals surface area contributed by atoms with Crippen molar-refractivity contribution in [2.75, 3.05) is 11.5 Å². The lowest BCUT2D eigenvalue weighted by Crippen LogP contribution is -2.54. The van der Waals surface area contributed by atoms with Crippen molar-refractivity contribution in [2.45, 2.75) is 45.7 Å². The van der Waals surface area contributed by atoms with Gasteiger partial charge in [0, 0.05) is 28.3 Å². The molecule has 1 aliphatic heterocycles. The number of urea groups is 1. The van der Waals surface area contributed by atoms with Crippen LogP contribution in [0.15, 0.2) is 0 Å². The van der Waals surface area contributed by atoms with Crippen LogP contribution in [-0.2, 0) is 15.6 Å². The lowest BCUT2D eigenvalue weighted by atomic mass is 9.87. The first-order valence-electron chi connectivity index (χ1n) is 6.35. The van der Waals surface area contributed by atoms with Gasteiger partial charge < -0.3 is 15.7 Å². The molecule has 0 saturated carbocycles. The van der Waals surface area contributed by atoms with Gasteiger partial charge in [0.05, 0.1) is 0 Å². The zero-order chi connectivity index (χ0) is 14.6. The zero-order valence-electron chi connectivity index (χ0n) is 11.6. The van der Waals surface area contributed by atoms with Crippen molar-refractivity contribution in [1.29, 1.82) is 0 Å². The van der Waals surface area contributed by atoms with E-state index in [1.165, 1.54) is 0 Å². The number of carboxylic acid groups (broad SMARTS) is 1. The highest BCUT2D eigenvalue weighted by atomic mass is 32.2. The smallest absolute Gasteiger partial charge is 0.326 e. The summed E-state index contributed by atoms with van der Waals surface area (Å²) in [4.78, 5) is 22.9. The third-order valence-electron chi connectivity index (χ3n) is 3.11. The van der Waals surface area contributed by atoms with E-state index in [9.17, 15) is 13.8 Å². The number of hydrogen-bond donors (Lipinski definition) is 3. The molecule has 3 N–H and O–H groups in total. The Balaban J connectivity index is 2.49. The van der Waals surface area contributed by atoms with E-state index in [2.05, 4.69) is 10.6 Å². The number of hydrogen-bond acceptors (Lipinski definition) is 3.